The highest BCUT2D eigenvalue weighted by Crippen LogP contribution is 2.38. The van der Waals surface area contributed by atoms with Gasteiger partial charge in [-0.3, -0.25) is 8.80 Å². The SMILES string of the molecule is Cc1ccn2c(N=O)c(-c3ccc(-c4cc5cc(C)ccn5c4N=O)cc3)cc2c1. The van der Waals surface area contributed by atoms with Crippen molar-refractivity contribution >= 4 is 22.7 Å². The second-order valence-electron chi connectivity index (χ2n) is 7.52. The van der Waals surface area contributed by atoms with Gasteiger partial charge in [0, 0.05) is 34.6 Å². The first-order valence-electron chi connectivity index (χ1n) is 9.60. The number of rotatable bonds is 4. The molecule has 146 valence electrons. The van der Waals surface area contributed by atoms with Crippen molar-refractivity contribution < 1.29 is 0 Å². The van der Waals surface area contributed by atoms with Gasteiger partial charge in [0.15, 0.2) is 11.6 Å². The molecule has 4 heterocycles. The Balaban J connectivity index is 1.62. The Morgan fingerprint density at radius 1 is 0.600 bits per heavy atom. The van der Waals surface area contributed by atoms with Crippen molar-refractivity contribution in [2.75, 3.05) is 0 Å². The monoisotopic (exact) mass is 394 g/mol. The first kappa shape index (κ1) is 18.0. The van der Waals surface area contributed by atoms with Crippen LogP contribution in [-0.2, 0) is 0 Å². The molecule has 1 aromatic carbocycles. The summed E-state index contributed by atoms with van der Waals surface area (Å²) in [5, 5.41) is 6.53. The van der Waals surface area contributed by atoms with E-state index in [1.807, 2.05) is 86.9 Å². The average Bonchev–Trinajstić information content (AvgIpc) is 3.30. The van der Waals surface area contributed by atoms with Crippen molar-refractivity contribution in [3.8, 4) is 22.3 Å². The Kier molecular flexibility index (Phi) is 4.06. The van der Waals surface area contributed by atoms with Crippen molar-refractivity contribution in [1.82, 2.24) is 8.80 Å². The molecule has 0 aliphatic heterocycles. The van der Waals surface area contributed by atoms with Crippen LogP contribution in [0.15, 0.2) is 83.4 Å². The highest BCUT2D eigenvalue weighted by molar-refractivity contribution is 5.85. The molecule has 0 saturated heterocycles. The summed E-state index contributed by atoms with van der Waals surface area (Å²) in [4.78, 5) is 23.1. The summed E-state index contributed by atoms with van der Waals surface area (Å²) >= 11 is 0. The number of nitroso groups, excluding NO2 is 2. The summed E-state index contributed by atoms with van der Waals surface area (Å²) in [6.07, 6.45) is 3.71. The maximum atomic E-state index is 11.5. The van der Waals surface area contributed by atoms with Crippen LogP contribution in [0.1, 0.15) is 11.1 Å². The molecule has 0 atom stereocenters. The van der Waals surface area contributed by atoms with Crippen LogP contribution in [0.3, 0.4) is 0 Å². The van der Waals surface area contributed by atoms with Gasteiger partial charge in [-0.05, 0) is 82.9 Å². The molecule has 5 aromatic rings. The molecular weight excluding hydrogens is 376 g/mol. The molecule has 4 aromatic heterocycles. The highest BCUT2D eigenvalue weighted by Gasteiger charge is 2.16. The second-order valence-corrected chi connectivity index (χ2v) is 7.52. The Bertz CT molecular complexity index is 1330. The number of aryl methyl sites for hydroxylation is 2. The van der Waals surface area contributed by atoms with E-state index in [-0.39, 0.29) is 0 Å². The predicted octanol–water partition coefficient (Wildman–Crippen LogP) is 6.94. The van der Waals surface area contributed by atoms with Crippen molar-refractivity contribution in [3.05, 3.63) is 94.0 Å². The lowest BCUT2D eigenvalue weighted by molar-refractivity contribution is 1.16. The van der Waals surface area contributed by atoms with Crippen LogP contribution in [-0.4, -0.2) is 8.80 Å². The smallest absolute Gasteiger partial charge is 0.189 e. The maximum absolute atomic E-state index is 11.5. The molecule has 0 amide bonds. The maximum Gasteiger partial charge on any atom is 0.189 e. The van der Waals surface area contributed by atoms with Gasteiger partial charge >= 0.3 is 0 Å². The summed E-state index contributed by atoms with van der Waals surface area (Å²) in [5.74, 6) is 0.746. The quantitative estimate of drug-likeness (QED) is 0.310. The molecule has 0 N–H and O–H groups in total. The lowest BCUT2D eigenvalue weighted by Crippen LogP contribution is -1.84. The van der Waals surface area contributed by atoms with Crippen LogP contribution in [0, 0.1) is 23.7 Å². The van der Waals surface area contributed by atoms with E-state index in [1.165, 1.54) is 0 Å². The van der Waals surface area contributed by atoms with Gasteiger partial charge < -0.3 is 0 Å². The van der Waals surface area contributed by atoms with E-state index in [9.17, 15) is 9.81 Å². The minimum absolute atomic E-state index is 0.373. The number of nitrogens with zero attached hydrogens (tertiary/aromatic N) is 4. The van der Waals surface area contributed by atoms with Crippen LogP contribution in [0.4, 0.5) is 11.6 Å². The first-order valence-corrected chi connectivity index (χ1v) is 9.60. The average molecular weight is 394 g/mol. The third-order valence-corrected chi connectivity index (χ3v) is 5.48. The van der Waals surface area contributed by atoms with E-state index in [2.05, 4.69) is 10.4 Å². The summed E-state index contributed by atoms with van der Waals surface area (Å²) in [7, 11) is 0. The predicted molar refractivity (Wildman–Crippen MR) is 120 cm³/mol. The van der Waals surface area contributed by atoms with Gasteiger partial charge in [0.25, 0.3) is 0 Å². The molecule has 30 heavy (non-hydrogen) atoms. The molecule has 6 heteroatoms. The minimum atomic E-state index is 0.373. The third-order valence-electron chi connectivity index (χ3n) is 5.48. The summed E-state index contributed by atoms with van der Waals surface area (Å²) < 4.78 is 3.58. The summed E-state index contributed by atoms with van der Waals surface area (Å²) in [6, 6.07) is 19.6. The molecule has 0 fully saturated rings. The van der Waals surface area contributed by atoms with E-state index < -0.39 is 0 Å². The van der Waals surface area contributed by atoms with Crippen LogP contribution in [0.2, 0.25) is 0 Å². The number of fused-ring (bicyclic) bond motifs is 2. The normalized spacial score (nSPS) is 11.3. The van der Waals surface area contributed by atoms with Gasteiger partial charge in [-0.1, -0.05) is 24.3 Å². The molecule has 0 aliphatic rings. The first-order chi connectivity index (χ1) is 14.6. The van der Waals surface area contributed by atoms with Gasteiger partial charge in [-0.2, -0.15) is 0 Å². The fourth-order valence-electron chi connectivity index (χ4n) is 3.99. The zero-order chi connectivity index (χ0) is 20.8. The number of aromatic nitrogens is 2. The zero-order valence-corrected chi connectivity index (χ0v) is 16.5. The van der Waals surface area contributed by atoms with E-state index in [0.29, 0.717) is 11.6 Å². The highest BCUT2D eigenvalue weighted by atomic mass is 16.3. The van der Waals surface area contributed by atoms with E-state index >= 15 is 0 Å². The molecular formula is C24H18N4O2. The van der Waals surface area contributed by atoms with Gasteiger partial charge in [0.05, 0.1) is 0 Å². The molecule has 0 bridgehead atoms. The Hall–Kier alpha value is -4.06. The fourth-order valence-corrected chi connectivity index (χ4v) is 3.99. The molecule has 5 rings (SSSR count). The molecule has 0 spiro atoms. The van der Waals surface area contributed by atoms with Gasteiger partial charge in [-0.25, -0.2) is 0 Å². The Morgan fingerprint density at radius 3 is 1.37 bits per heavy atom. The van der Waals surface area contributed by atoms with Gasteiger partial charge in [0.2, 0.25) is 0 Å². The summed E-state index contributed by atoms with van der Waals surface area (Å²) in [6.45, 7) is 4.02. The lowest BCUT2D eigenvalue weighted by Gasteiger charge is -2.03. The minimum Gasteiger partial charge on any atom is -0.298 e. The molecule has 0 radical (unpaired) electrons. The van der Waals surface area contributed by atoms with Gasteiger partial charge in [0.1, 0.15) is 0 Å². The summed E-state index contributed by atoms with van der Waals surface area (Å²) in [5.41, 5.74) is 7.38. The molecule has 0 saturated carbocycles. The Morgan fingerprint density at radius 2 is 1.00 bits per heavy atom. The van der Waals surface area contributed by atoms with Crippen LogP contribution in [0.5, 0.6) is 0 Å². The largest absolute Gasteiger partial charge is 0.298 e. The van der Waals surface area contributed by atoms with E-state index in [1.54, 1.807) is 8.80 Å². The third kappa shape index (κ3) is 2.73. The van der Waals surface area contributed by atoms with Crippen molar-refractivity contribution in [1.29, 1.82) is 0 Å². The van der Waals surface area contributed by atoms with E-state index in [4.69, 9.17) is 0 Å². The van der Waals surface area contributed by atoms with Crippen molar-refractivity contribution in [2.45, 2.75) is 13.8 Å². The number of hydrogen-bond acceptors (Lipinski definition) is 4. The van der Waals surface area contributed by atoms with E-state index in [0.717, 1.165) is 44.4 Å². The lowest BCUT2D eigenvalue weighted by atomic mass is 10.0. The number of pyridine rings is 2. The Labute approximate surface area is 172 Å². The van der Waals surface area contributed by atoms with Crippen molar-refractivity contribution in [2.24, 2.45) is 10.4 Å². The second kappa shape index (κ2) is 6.77. The molecule has 0 aliphatic carbocycles. The standard InChI is InChI=1S/C24H18N4O2/c1-15-7-9-27-19(11-15)13-21(23(27)25-29)17-3-5-18(6-4-17)22-14-20-12-16(2)8-10-28(20)24(22)26-30/h3-14H,1-2H3. The number of benzene rings is 1. The number of hydrogen-bond donors (Lipinski definition) is 0. The fraction of sp³-hybridized carbons (Fsp3) is 0.0833. The van der Waals surface area contributed by atoms with Crippen LogP contribution >= 0.6 is 0 Å². The van der Waals surface area contributed by atoms with Crippen LogP contribution in [0.25, 0.3) is 33.3 Å². The molecule has 6 nitrogen and oxygen atoms in total. The van der Waals surface area contributed by atoms with Crippen LogP contribution < -0.4 is 0 Å². The zero-order valence-electron chi connectivity index (χ0n) is 16.5. The van der Waals surface area contributed by atoms with Gasteiger partial charge in [-0.15, -0.1) is 9.81 Å². The van der Waals surface area contributed by atoms with Crippen molar-refractivity contribution in [3.63, 3.8) is 0 Å². The topological polar surface area (TPSA) is 67.7 Å². The molecule has 0 unspecified atom stereocenters.